The molecule has 4 atom stereocenters. The second-order valence-corrected chi connectivity index (χ2v) is 4.73. The summed E-state index contributed by atoms with van der Waals surface area (Å²) >= 11 is 0. The van der Waals surface area contributed by atoms with Gasteiger partial charge in [-0.05, 0) is 6.42 Å². The van der Waals surface area contributed by atoms with Gasteiger partial charge < -0.3 is 20.7 Å². The maximum atomic E-state index is 11.7. The Balaban J connectivity index is 2.09. The van der Waals surface area contributed by atoms with Crippen LogP contribution in [0, 0.1) is 0 Å². The van der Waals surface area contributed by atoms with E-state index in [2.05, 4.69) is 15.0 Å². The molecule has 0 aliphatic carbocycles. The van der Waals surface area contributed by atoms with E-state index in [4.69, 9.17) is 10.5 Å². The number of rotatable bonds is 2. The molecule has 9 heteroatoms. The van der Waals surface area contributed by atoms with Gasteiger partial charge in [-0.3, -0.25) is 14.3 Å². The summed E-state index contributed by atoms with van der Waals surface area (Å²) in [7, 11) is 0. The fourth-order valence-corrected chi connectivity index (χ4v) is 2.43. The van der Waals surface area contributed by atoms with Crippen molar-refractivity contribution < 1.29 is 14.9 Å². The number of aromatic amines is 1. The van der Waals surface area contributed by atoms with E-state index in [0.717, 1.165) is 0 Å². The first-order valence-electron chi connectivity index (χ1n) is 6.26. The van der Waals surface area contributed by atoms with Gasteiger partial charge in [-0.25, -0.2) is 4.98 Å². The van der Waals surface area contributed by atoms with Crippen LogP contribution in [0.3, 0.4) is 0 Å². The molecule has 5 N–H and O–H groups in total. The Morgan fingerprint density at radius 2 is 2.25 bits per heavy atom. The van der Waals surface area contributed by atoms with Gasteiger partial charge in [0.1, 0.15) is 12.2 Å². The van der Waals surface area contributed by atoms with E-state index in [9.17, 15) is 15.0 Å². The number of nitrogens with zero attached hydrogens (tertiary/aromatic N) is 3. The first kappa shape index (κ1) is 13.0. The van der Waals surface area contributed by atoms with Gasteiger partial charge in [0.25, 0.3) is 5.56 Å². The average molecular weight is 281 g/mol. The van der Waals surface area contributed by atoms with Crippen LogP contribution in [0.15, 0.2) is 11.1 Å². The minimum Gasteiger partial charge on any atom is -0.388 e. The third-order valence-electron chi connectivity index (χ3n) is 3.46. The topological polar surface area (TPSA) is 139 Å². The quantitative estimate of drug-likeness (QED) is 0.538. The van der Waals surface area contributed by atoms with Crippen molar-refractivity contribution in [2.45, 2.75) is 37.9 Å². The Morgan fingerprint density at radius 3 is 2.90 bits per heavy atom. The van der Waals surface area contributed by atoms with Crippen LogP contribution < -0.4 is 11.3 Å². The van der Waals surface area contributed by atoms with Crippen molar-refractivity contribution in [2.24, 2.45) is 0 Å². The Morgan fingerprint density at radius 1 is 1.50 bits per heavy atom. The lowest BCUT2D eigenvalue weighted by atomic mass is 10.1. The van der Waals surface area contributed by atoms with Crippen LogP contribution in [-0.4, -0.2) is 48.0 Å². The summed E-state index contributed by atoms with van der Waals surface area (Å²) in [5.74, 6) is -0.0515. The van der Waals surface area contributed by atoms with Crippen LogP contribution in [0.4, 0.5) is 5.95 Å². The largest absolute Gasteiger partial charge is 0.388 e. The Kier molecular flexibility index (Phi) is 2.96. The van der Waals surface area contributed by atoms with E-state index in [0.29, 0.717) is 6.42 Å². The minimum absolute atomic E-state index is 0.0515. The molecule has 0 saturated carbocycles. The number of nitrogens with one attached hydrogen (secondary N) is 1. The Hall–Kier alpha value is -1.97. The second kappa shape index (κ2) is 4.54. The number of fused-ring (bicyclic) bond motifs is 1. The second-order valence-electron chi connectivity index (χ2n) is 4.73. The van der Waals surface area contributed by atoms with Crippen LogP contribution in [0.2, 0.25) is 0 Å². The summed E-state index contributed by atoms with van der Waals surface area (Å²) < 4.78 is 7.00. The van der Waals surface area contributed by atoms with Gasteiger partial charge in [-0.1, -0.05) is 6.92 Å². The van der Waals surface area contributed by atoms with Gasteiger partial charge in [-0.15, -0.1) is 0 Å². The Labute approximate surface area is 113 Å². The number of ether oxygens (including phenoxy) is 1. The van der Waals surface area contributed by atoms with E-state index in [1.807, 2.05) is 6.92 Å². The molecule has 108 valence electrons. The zero-order valence-corrected chi connectivity index (χ0v) is 10.7. The molecule has 2 aromatic heterocycles. The minimum atomic E-state index is -1.13. The van der Waals surface area contributed by atoms with Gasteiger partial charge >= 0.3 is 0 Å². The summed E-state index contributed by atoms with van der Waals surface area (Å²) in [5, 5.41) is 19.9. The van der Waals surface area contributed by atoms with E-state index in [1.165, 1.54) is 10.9 Å². The van der Waals surface area contributed by atoms with Crippen molar-refractivity contribution in [1.82, 2.24) is 19.5 Å². The van der Waals surface area contributed by atoms with Crippen molar-refractivity contribution >= 4 is 17.1 Å². The predicted molar refractivity (Wildman–Crippen MR) is 68.8 cm³/mol. The first-order valence-corrected chi connectivity index (χ1v) is 6.26. The highest BCUT2D eigenvalue weighted by Crippen LogP contribution is 2.32. The third kappa shape index (κ3) is 1.79. The molecule has 3 heterocycles. The molecule has 9 nitrogen and oxygen atoms in total. The zero-order valence-electron chi connectivity index (χ0n) is 10.7. The maximum absolute atomic E-state index is 11.7. The lowest BCUT2D eigenvalue weighted by Crippen LogP contribution is -2.31. The van der Waals surface area contributed by atoms with Crippen LogP contribution in [0.25, 0.3) is 11.2 Å². The number of aromatic nitrogens is 4. The molecule has 1 aliphatic heterocycles. The van der Waals surface area contributed by atoms with E-state index in [1.54, 1.807) is 0 Å². The molecule has 0 spiro atoms. The van der Waals surface area contributed by atoms with Crippen LogP contribution in [0.5, 0.6) is 0 Å². The number of nitrogens with two attached hydrogens (primary N) is 1. The Bertz CT molecular complexity index is 696. The summed E-state index contributed by atoms with van der Waals surface area (Å²) in [5.41, 5.74) is 5.35. The number of aliphatic hydroxyl groups is 2. The van der Waals surface area contributed by atoms with Gasteiger partial charge in [0.15, 0.2) is 17.4 Å². The molecular formula is C11H15N5O4. The molecule has 20 heavy (non-hydrogen) atoms. The molecule has 1 aliphatic rings. The molecule has 0 bridgehead atoms. The molecule has 2 aromatic rings. The van der Waals surface area contributed by atoms with E-state index >= 15 is 0 Å². The van der Waals surface area contributed by atoms with Gasteiger partial charge in [-0.2, -0.15) is 4.98 Å². The molecule has 1 saturated heterocycles. The van der Waals surface area contributed by atoms with Crippen LogP contribution >= 0.6 is 0 Å². The van der Waals surface area contributed by atoms with E-state index < -0.39 is 30.1 Å². The molecule has 0 aromatic carbocycles. The monoisotopic (exact) mass is 281 g/mol. The molecule has 0 unspecified atom stereocenters. The fourth-order valence-electron chi connectivity index (χ4n) is 2.43. The zero-order chi connectivity index (χ0) is 14.4. The number of aliphatic hydroxyl groups excluding tert-OH is 2. The van der Waals surface area contributed by atoms with Gasteiger partial charge in [0, 0.05) is 0 Å². The molecule has 0 amide bonds. The predicted octanol–water partition coefficient (Wildman–Crippen LogP) is -1.27. The normalized spacial score (nSPS) is 30.1. The van der Waals surface area contributed by atoms with Crippen LogP contribution in [-0.2, 0) is 4.74 Å². The highest BCUT2D eigenvalue weighted by molar-refractivity contribution is 5.70. The highest BCUT2D eigenvalue weighted by Gasteiger charge is 2.43. The smallest absolute Gasteiger partial charge is 0.280 e. The molecule has 3 rings (SSSR count). The number of nitrogen functional groups attached to an aromatic ring is 1. The third-order valence-corrected chi connectivity index (χ3v) is 3.46. The molecule has 1 fully saturated rings. The summed E-state index contributed by atoms with van der Waals surface area (Å²) in [6, 6.07) is 0. The van der Waals surface area contributed by atoms with Crippen molar-refractivity contribution in [1.29, 1.82) is 0 Å². The average Bonchev–Trinajstić information content (AvgIpc) is 2.93. The number of hydrogen-bond donors (Lipinski definition) is 4. The van der Waals surface area contributed by atoms with Crippen LogP contribution in [0.1, 0.15) is 19.6 Å². The summed E-state index contributed by atoms with van der Waals surface area (Å²) in [4.78, 5) is 22.0. The maximum Gasteiger partial charge on any atom is 0.280 e. The first-order chi connectivity index (χ1) is 9.52. The van der Waals surface area contributed by atoms with Crippen molar-refractivity contribution in [3.63, 3.8) is 0 Å². The number of imidazole rings is 1. The summed E-state index contributed by atoms with van der Waals surface area (Å²) in [6.07, 6.45) is -1.57. The van der Waals surface area contributed by atoms with Gasteiger partial charge in [0.2, 0.25) is 5.95 Å². The lowest BCUT2D eigenvalue weighted by Gasteiger charge is -2.16. The van der Waals surface area contributed by atoms with Crippen molar-refractivity contribution in [2.75, 3.05) is 5.73 Å². The molecular weight excluding hydrogens is 266 g/mol. The number of hydrogen-bond acceptors (Lipinski definition) is 7. The number of H-pyrrole nitrogens is 1. The molecule has 0 radical (unpaired) electrons. The van der Waals surface area contributed by atoms with Gasteiger partial charge in [0.05, 0.1) is 12.4 Å². The standard InChI is InChI=1S/C11H15N5O4/c1-2-4-6(17)7(18)10(20-4)16-3-13-5-8(16)14-11(12)15-9(5)19/h3-4,6-7,10,17-18H,2H2,1H3,(H3,12,14,15,19)/t4-,6-,7-,10-/m1/s1. The summed E-state index contributed by atoms with van der Waals surface area (Å²) in [6.45, 7) is 1.84. The lowest BCUT2D eigenvalue weighted by molar-refractivity contribution is -0.0355. The fraction of sp³-hybridized carbons (Fsp3) is 0.545. The van der Waals surface area contributed by atoms with Crippen molar-refractivity contribution in [3.8, 4) is 0 Å². The SMILES string of the molecule is CC[C@H]1O[C@@H](n2cnc3c(=O)[nH]c(N)nc32)[C@H](O)[C@@H]1O. The van der Waals surface area contributed by atoms with E-state index in [-0.39, 0.29) is 17.1 Å². The van der Waals surface area contributed by atoms with Crippen molar-refractivity contribution in [3.05, 3.63) is 16.7 Å². The highest BCUT2D eigenvalue weighted by atomic mass is 16.6. The number of anilines is 1.